The Kier molecular flexibility index (Phi) is 8.46. The summed E-state index contributed by atoms with van der Waals surface area (Å²) in [5, 5.41) is 0. The van der Waals surface area contributed by atoms with Crippen molar-refractivity contribution in [3.8, 4) is 0 Å². The molecule has 0 aliphatic rings. The summed E-state index contributed by atoms with van der Waals surface area (Å²) in [6.07, 6.45) is 0. The predicted molar refractivity (Wildman–Crippen MR) is 21.9 cm³/mol. The monoisotopic (exact) mass is 563 g/mol. The van der Waals surface area contributed by atoms with Gasteiger partial charge in [0.25, 0.3) is 0 Å². The first-order chi connectivity index (χ1) is 2.24. The molecule has 0 saturated carbocycles. The minimum absolute atomic E-state index is 0. The molecule has 0 aliphatic carbocycles. The van der Waals surface area contributed by atoms with Crippen LogP contribution in [0.5, 0.6) is 0 Å². The molecule has 8 heteroatoms. The van der Waals surface area contributed by atoms with Gasteiger partial charge >= 0.3 is 104 Å². The molecule has 0 aliphatic heterocycles. The zero-order valence-electron chi connectivity index (χ0n) is 3.20. The van der Waals surface area contributed by atoms with Gasteiger partial charge in [0, 0.05) is 0 Å². The van der Waals surface area contributed by atoms with Gasteiger partial charge in [-0.05, 0) is 0 Å². The zero-order chi connectivity index (χ0) is 5.45. The average Bonchev–Trinajstić information content (AvgIpc) is 0.650. The molecule has 0 unspecified atom stereocenters. The van der Waals surface area contributed by atoms with Gasteiger partial charge in [-0.15, -0.1) is 0 Å². The van der Waals surface area contributed by atoms with Gasteiger partial charge in [-0.3, -0.25) is 0 Å². The minimum atomic E-state index is -8.05. The van der Waals surface area contributed by atoms with Crippen molar-refractivity contribution in [2.75, 3.05) is 0 Å². The SMILES string of the molecule is [BiH3].[O]=[Ta](=[O])(=[O])(=[O])=[O].[SrH2]. The summed E-state index contributed by atoms with van der Waals surface area (Å²) in [4.78, 5) is 0. The van der Waals surface area contributed by atoms with E-state index in [-0.39, 0.29) is 71.7 Å². The first kappa shape index (κ1) is 16.6. The number of hydrogen-bond acceptors (Lipinski definition) is 5. The molecule has 0 N–H and O–H groups in total. The first-order valence-electron chi connectivity index (χ1n) is 0.913. The van der Waals surface area contributed by atoms with Gasteiger partial charge in [0.05, 0.1) is 0 Å². The maximum absolute atomic E-state index is 8.67. The summed E-state index contributed by atoms with van der Waals surface area (Å²) >= 11 is -8.05. The van der Waals surface area contributed by atoms with Crippen molar-refractivity contribution in [2.45, 2.75) is 0 Å². The van der Waals surface area contributed by atoms with Crippen LogP contribution < -0.4 is 0 Å². The van der Waals surface area contributed by atoms with Crippen LogP contribution >= 0.6 is 0 Å². The molecule has 8 heavy (non-hydrogen) atoms. The number of hydrogen-bond donors (Lipinski definition) is 0. The van der Waals surface area contributed by atoms with E-state index in [4.69, 9.17) is 16.3 Å². The summed E-state index contributed by atoms with van der Waals surface area (Å²) in [6, 6.07) is 0. The van der Waals surface area contributed by atoms with Gasteiger partial charge < -0.3 is 0 Å². The van der Waals surface area contributed by atoms with E-state index in [1.54, 1.807) is 0 Å². The van der Waals surface area contributed by atoms with Crippen LogP contribution in [0.3, 0.4) is 0 Å². The summed E-state index contributed by atoms with van der Waals surface area (Å²) in [5.74, 6) is 0. The topological polar surface area (TPSA) is 85.3 Å². The van der Waals surface area contributed by atoms with E-state index >= 15 is 0 Å². The third-order valence-electron chi connectivity index (χ3n) is 0. The van der Waals surface area contributed by atoms with E-state index in [0.717, 1.165) is 0 Å². The van der Waals surface area contributed by atoms with Gasteiger partial charge in [0.15, 0.2) is 0 Å². The van der Waals surface area contributed by atoms with Crippen molar-refractivity contribution in [1.29, 1.82) is 0 Å². The molecule has 0 atom stereocenters. The Balaban J connectivity index is -0.000000125. The molecule has 47 valence electrons. The molecule has 0 amide bonds. The van der Waals surface area contributed by atoms with Crippen LogP contribution in [-0.4, -0.2) is 71.7 Å². The van der Waals surface area contributed by atoms with Crippen LogP contribution in [-0.2, 0) is 31.9 Å². The standard InChI is InChI=1S/Bi.5O.Sr.Ta.5H. The quantitative estimate of drug-likeness (QED) is 0.300. The van der Waals surface area contributed by atoms with Crippen molar-refractivity contribution in [2.24, 2.45) is 0 Å². The van der Waals surface area contributed by atoms with Crippen LogP contribution in [0, 0.1) is 0 Å². The van der Waals surface area contributed by atoms with E-state index < -0.39 is 15.7 Å². The second-order valence-corrected chi connectivity index (χ2v) is 6.10. The van der Waals surface area contributed by atoms with Gasteiger partial charge in [-0.1, -0.05) is 0 Å². The summed E-state index contributed by atoms with van der Waals surface area (Å²) in [5.41, 5.74) is 0. The molecule has 5 nitrogen and oxygen atoms in total. The molecular weight excluding hydrogens is 558 g/mol. The molecule has 0 fully saturated rings. The van der Waals surface area contributed by atoms with Gasteiger partial charge in [-0.2, -0.15) is 0 Å². The molecule has 0 rings (SSSR count). The first-order valence-corrected chi connectivity index (χ1v) is 7.47. The summed E-state index contributed by atoms with van der Waals surface area (Å²) in [7, 11) is 0. The molecular formula is H5BiO5SrTa. The third kappa shape index (κ3) is 92.4. The predicted octanol–water partition coefficient (Wildman–Crippen LogP) is -2.70. The van der Waals surface area contributed by atoms with Gasteiger partial charge in [0.1, 0.15) is 0 Å². The third-order valence-corrected chi connectivity index (χ3v) is 0. The van der Waals surface area contributed by atoms with Crippen LogP contribution in [0.15, 0.2) is 0 Å². The fraction of sp³-hybridized carbons (Fsp3) is 0. The van der Waals surface area contributed by atoms with E-state index in [2.05, 4.69) is 0 Å². The van der Waals surface area contributed by atoms with Crippen molar-refractivity contribution < 1.29 is 31.9 Å². The van der Waals surface area contributed by atoms with Crippen molar-refractivity contribution in [1.82, 2.24) is 0 Å². The van der Waals surface area contributed by atoms with Crippen LogP contribution in [0.4, 0.5) is 0 Å². The molecule has 0 heterocycles. The van der Waals surface area contributed by atoms with Crippen molar-refractivity contribution >= 4 is 71.7 Å². The Hall–Kier alpha value is 2.10. The summed E-state index contributed by atoms with van der Waals surface area (Å²) in [6.45, 7) is 0. The van der Waals surface area contributed by atoms with Gasteiger partial charge in [-0.25, -0.2) is 0 Å². The average molecular weight is 563 g/mol. The van der Waals surface area contributed by atoms with E-state index in [9.17, 15) is 0 Å². The fourth-order valence-electron chi connectivity index (χ4n) is 0. The maximum atomic E-state index is 8.67. The Labute approximate surface area is 101 Å². The Morgan fingerprint density at radius 1 is 0.750 bits per heavy atom. The second kappa shape index (κ2) is 4.08. The van der Waals surface area contributed by atoms with Crippen LogP contribution in [0.25, 0.3) is 0 Å². The summed E-state index contributed by atoms with van der Waals surface area (Å²) < 4.78 is 43.4. The van der Waals surface area contributed by atoms with Gasteiger partial charge in [0.2, 0.25) is 0 Å². The second-order valence-electron chi connectivity index (χ2n) is 0.745. The Bertz CT molecular complexity index is 282. The Morgan fingerprint density at radius 3 is 0.750 bits per heavy atom. The molecule has 0 bridgehead atoms. The molecule has 0 spiro atoms. The van der Waals surface area contributed by atoms with Crippen LogP contribution in [0.1, 0.15) is 0 Å². The van der Waals surface area contributed by atoms with Crippen LogP contribution in [0.2, 0.25) is 0 Å². The van der Waals surface area contributed by atoms with Crippen molar-refractivity contribution in [3.63, 3.8) is 0 Å². The van der Waals surface area contributed by atoms with Crippen molar-refractivity contribution in [3.05, 3.63) is 0 Å². The molecule has 0 aromatic rings. The number of rotatable bonds is 0. The molecule has 0 aromatic carbocycles. The van der Waals surface area contributed by atoms with E-state index in [1.165, 1.54) is 0 Å². The zero-order valence-corrected chi connectivity index (χ0v) is 11.9. The van der Waals surface area contributed by atoms with E-state index in [1.807, 2.05) is 0 Å². The molecule has 0 radical (unpaired) electrons. The Morgan fingerprint density at radius 2 is 0.750 bits per heavy atom. The molecule has 0 saturated heterocycles. The molecule has 0 aromatic heterocycles. The fourth-order valence-corrected chi connectivity index (χ4v) is 0. The normalized spacial score (nSPS) is 7.50. The van der Waals surface area contributed by atoms with E-state index in [0.29, 0.717) is 0 Å².